The molecule has 1 aromatic heterocycles. The molecule has 2 saturated heterocycles. The predicted octanol–water partition coefficient (Wildman–Crippen LogP) is 4.46. The Labute approximate surface area is 161 Å². The van der Waals surface area contributed by atoms with E-state index in [0.29, 0.717) is 18.1 Å². The Hall–Kier alpha value is -1.85. The second-order valence-electron chi connectivity index (χ2n) is 7.63. The molecule has 0 aliphatic carbocycles. The van der Waals surface area contributed by atoms with Crippen molar-refractivity contribution in [1.29, 1.82) is 0 Å². The number of aryl methyl sites for hydroxylation is 1. The van der Waals surface area contributed by atoms with Gasteiger partial charge in [-0.1, -0.05) is 18.6 Å². The fraction of sp³-hybridized carbons (Fsp3) is 0.476. The molecule has 0 amide bonds. The van der Waals surface area contributed by atoms with Crippen molar-refractivity contribution in [3.8, 4) is 0 Å². The van der Waals surface area contributed by atoms with Crippen LogP contribution in [0.25, 0.3) is 0 Å². The first-order valence-corrected chi connectivity index (χ1v) is 10.0. The maximum absolute atomic E-state index is 5.58. The summed E-state index contributed by atoms with van der Waals surface area (Å²) in [5, 5.41) is 7.63. The summed E-state index contributed by atoms with van der Waals surface area (Å²) in [4.78, 5) is 2.65. The number of nitrogens with zero attached hydrogens (tertiary/aromatic N) is 1. The Morgan fingerprint density at radius 2 is 2.00 bits per heavy atom. The summed E-state index contributed by atoms with van der Waals surface area (Å²) < 4.78 is 5.58. The van der Waals surface area contributed by atoms with Crippen molar-refractivity contribution in [3.05, 3.63) is 54.0 Å². The molecular weight excluding hydrogens is 342 g/mol. The number of thiocarbonyl (C=S) groups is 1. The summed E-state index contributed by atoms with van der Waals surface area (Å²) in [5.74, 6) is 1.07. The van der Waals surface area contributed by atoms with Gasteiger partial charge in [0.05, 0.1) is 12.8 Å². The van der Waals surface area contributed by atoms with E-state index in [1.54, 1.807) is 6.26 Å². The van der Waals surface area contributed by atoms with Gasteiger partial charge in [-0.3, -0.25) is 4.90 Å². The van der Waals surface area contributed by atoms with Gasteiger partial charge < -0.3 is 15.1 Å². The van der Waals surface area contributed by atoms with Crippen molar-refractivity contribution < 1.29 is 4.42 Å². The van der Waals surface area contributed by atoms with E-state index in [4.69, 9.17) is 16.6 Å². The number of nitrogens with one attached hydrogen (secondary N) is 2. The van der Waals surface area contributed by atoms with E-state index in [0.717, 1.165) is 35.9 Å². The number of hydrogen-bond acceptors (Lipinski definition) is 3. The standard InChI is InChI=1S/C21H27N3OS/c1-15-5-2-6-16(11-15)22-21(26)23-17-12-18-7-3-8-19(13-17)24(18)14-20-9-4-10-25-20/h2,4-6,9-11,17-19H,3,7-8,12-14H2,1H3,(H2,22,23,26)/t18-,19-/m0/s1. The summed E-state index contributed by atoms with van der Waals surface area (Å²) in [7, 11) is 0. The molecule has 4 rings (SSSR count). The topological polar surface area (TPSA) is 40.4 Å². The highest BCUT2D eigenvalue weighted by molar-refractivity contribution is 7.80. The van der Waals surface area contributed by atoms with Gasteiger partial charge >= 0.3 is 0 Å². The molecule has 4 nitrogen and oxygen atoms in total. The van der Waals surface area contributed by atoms with Crippen molar-refractivity contribution in [2.24, 2.45) is 0 Å². The molecule has 2 N–H and O–H groups in total. The molecule has 2 aromatic rings. The van der Waals surface area contributed by atoms with Crippen LogP contribution in [0, 0.1) is 6.92 Å². The van der Waals surface area contributed by atoms with E-state index in [9.17, 15) is 0 Å². The summed E-state index contributed by atoms with van der Waals surface area (Å²) in [5.41, 5.74) is 2.29. The third-order valence-electron chi connectivity index (χ3n) is 5.66. The number of furan rings is 1. The molecule has 1 aromatic carbocycles. The van der Waals surface area contributed by atoms with E-state index in [1.807, 2.05) is 6.07 Å². The first-order valence-electron chi connectivity index (χ1n) is 9.60. The Bertz CT molecular complexity index is 731. The zero-order chi connectivity index (χ0) is 17.9. The Morgan fingerprint density at radius 1 is 1.19 bits per heavy atom. The van der Waals surface area contributed by atoms with Crippen LogP contribution in [0.1, 0.15) is 43.4 Å². The fourth-order valence-corrected chi connectivity index (χ4v) is 4.80. The summed E-state index contributed by atoms with van der Waals surface area (Å²) in [6.45, 7) is 3.03. The molecule has 2 aliphatic heterocycles. The molecule has 26 heavy (non-hydrogen) atoms. The van der Waals surface area contributed by atoms with E-state index in [1.165, 1.54) is 24.8 Å². The zero-order valence-corrected chi connectivity index (χ0v) is 16.1. The Kier molecular flexibility index (Phi) is 5.27. The first kappa shape index (κ1) is 17.6. The molecule has 138 valence electrons. The minimum atomic E-state index is 0.447. The Morgan fingerprint density at radius 3 is 2.69 bits per heavy atom. The lowest BCUT2D eigenvalue weighted by atomic mass is 9.81. The van der Waals surface area contributed by atoms with Gasteiger partial charge in [0.2, 0.25) is 0 Å². The Balaban J connectivity index is 1.35. The second kappa shape index (κ2) is 7.80. The summed E-state index contributed by atoms with van der Waals surface area (Å²) >= 11 is 5.56. The van der Waals surface area contributed by atoms with Crippen molar-refractivity contribution in [1.82, 2.24) is 10.2 Å². The van der Waals surface area contributed by atoms with E-state index in [2.05, 4.69) is 52.8 Å². The van der Waals surface area contributed by atoms with Crippen molar-refractivity contribution >= 4 is 23.0 Å². The van der Waals surface area contributed by atoms with Crippen LogP contribution in [0.3, 0.4) is 0 Å². The van der Waals surface area contributed by atoms with Crippen LogP contribution in [-0.4, -0.2) is 28.1 Å². The molecule has 0 unspecified atom stereocenters. The van der Waals surface area contributed by atoms with E-state index in [-0.39, 0.29) is 0 Å². The second-order valence-corrected chi connectivity index (χ2v) is 8.03. The van der Waals surface area contributed by atoms with Crippen LogP contribution in [0.5, 0.6) is 0 Å². The maximum atomic E-state index is 5.58. The van der Waals surface area contributed by atoms with Crippen molar-refractivity contribution in [3.63, 3.8) is 0 Å². The van der Waals surface area contributed by atoms with E-state index < -0.39 is 0 Å². The average Bonchev–Trinajstić information content (AvgIpc) is 3.08. The minimum Gasteiger partial charge on any atom is -0.468 e. The normalized spacial score (nSPS) is 25.7. The van der Waals surface area contributed by atoms with Gasteiger partial charge in [-0.25, -0.2) is 0 Å². The van der Waals surface area contributed by atoms with Crippen LogP contribution in [0.15, 0.2) is 47.1 Å². The minimum absolute atomic E-state index is 0.447. The zero-order valence-electron chi connectivity index (χ0n) is 15.3. The van der Waals surface area contributed by atoms with Gasteiger partial charge in [0, 0.05) is 23.8 Å². The number of benzene rings is 1. The van der Waals surface area contributed by atoms with Gasteiger partial charge in [0.15, 0.2) is 5.11 Å². The highest BCUT2D eigenvalue weighted by Crippen LogP contribution is 2.35. The van der Waals surface area contributed by atoms with Crippen molar-refractivity contribution in [2.45, 2.75) is 63.7 Å². The monoisotopic (exact) mass is 369 g/mol. The lowest BCUT2D eigenvalue weighted by molar-refractivity contribution is 0.0161. The molecule has 2 fully saturated rings. The van der Waals surface area contributed by atoms with E-state index >= 15 is 0 Å². The summed E-state index contributed by atoms with van der Waals surface area (Å²) in [6, 6.07) is 14.1. The number of anilines is 1. The molecule has 0 radical (unpaired) electrons. The van der Waals surface area contributed by atoms with Gasteiger partial charge in [0.1, 0.15) is 5.76 Å². The van der Waals surface area contributed by atoms with Gasteiger partial charge in [-0.05, 0) is 74.7 Å². The van der Waals surface area contributed by atoms with Crippen LogP contribution in [0.4, 0.5) is 5.69 Å². The molecule has 5 heteroatoms. The molecular formula is C21H27N3OS. The smallest absolute Gasteiger partial charge is 0.170 e. The highest BCUT2D eigenvalue weighted by atomic mass is 32.1. The number of rotatable bonds is 4. The summed E-state index contributed by atoms with van der Waals surface area (Å²) in [6.07, 6.45) is 7.94. The first-order chi connectivity index (χ1) is 12.7. The largest absolute Gasteiger partial charge is 0.468 e. The molecule has 3 heterocycles. The van der Waals surface area contributed by atoms with Crippen molar-refractivity contribution in [2.75, 3.05) is 5.32 Å². The molecule has 0 saturated carbocycles. The highest BCUT2D eigenvalue weighted by Gasteiger charge is 2.38. The maximum Gasteiger partial charge on any atom is 0.170 e. The molecule has 2 atom stereocenters. The van der Waals surface area contributed by atoms with Crippen LogP contribution in [-0.2, 0) is 6.54 Å². The van der Waals surface area contributed by atoms with Crippen LogP contribution < -0.4 is 10.6 Å². The third-order valence-corrected chi connectivity index (χ3v) is 5.88. The van der Waals surface area contributed by atoms with Crippen LogP contribution in [0.2, 0.25) is 0 Å². The lowest BCUT2D eigenvalue weighted by Gasteiger charge is -2.48. The van der Waals surface area contributed by atoms with Gasteiger partial charge in [-0.2, -0.15) is 0 Å². The molecule has 2 aliphatic rings. The lowest BCUT2D eigenvalue weighted by Crippen LogP contribution is -2.56. The number of fused-ring (bicyclic) bond motifs is 2. The SMILES string of the molecule is Cc1cccc(NC(=S)NC2C[C@@H]3CCC[C@@H](C2)N3Cc2ccco2)c1. The number of piperidine rings is 2. The molecule has 2 bridgehead atoms. The molecule has 0 spiro atoms. The predicted molar refractivity (Wildman–Crippen MR) is 109 cm³/mol. The van der Waals surface area contributed by atoms with Gasteiger partial charge in [-0.15, -0.1) is 0 Å². The fourth-order valence-electron chi connectivity index (χ4n) is 4.51. The third kappa shape index (κ3) is 4.10. The van der Waals surface area contributed by atoms with Crippen LogP contribution >= 0.6 is 12.2 Å². The average molecular weight is 370 g/mol. The van der Waals surface area contributed by atoms with Gasteiger partial charge in [0.25, 0.3) is 0 Å². The number of hydrogen-bond donors (Lipinski definition) is 2. The quantitative estimate of drug-likeness (QED) is 0.779.